The van der Waals surface area contributed by atoms with Crippen molar-refractivity contribution in [2.24, 2.45) is 10.2 Å². The molecule has 0 saturated carbocycles. The number of H-pyrrole nitrogens is 1. The van der Waals surface area contributed by atoms with Gasteiger partial charge in [-0.05, 0) is 25.5 Å². The van der Waals surface area contributed by atoms with E-state index in [9.17, 15) is 4.79 Å². The van der Waals surface area contributed by atoms with Crippen molar-refractivity contribution in [2.75, 3.05) is 6.61 Å². The molecule has 0 unspecified atom stereocenters. The normalized spacial score (nSPS) is 11.3. The van der Waals surface area contributed by atoms with E-state index in [1.165, 1.54) is 16.0 Å². The summed E-state index contributed by atoms with van der Waals surface area (Å²) in [6, 6.07) is 17.2. The van der Waals surface area contributed by atoms with Crippen molar-refractivity contribution in [3.8, 4) is 22.1 Å². The molecule has 0 amide bonds. The Morgan fingerprint density at radius 1 is 1.07 bits per heavy atom. The SMILES string of the molecule is CCOc1ccccc1N=Nc1c(CC)[nH]n(-c2nc(-c3ccccc3)cs2)c1=O. The van der Waals surface area contributed by atoms with Crippen LogP contribution in [0.1, 0.15) is 19.5 Å². The number of hydrogen-bond donors (Lipinski definition) is 1. The number of aromatic nitrogens is 3. The highest BCUT2D eigenvalue weighted by molar-refractivity contribution is 7.12. The van der Waals surface area contributed by atoms with E-state index in [4.69, 9.17) is 4.74 Å². The number of benzene rings is 2. The maximum atomic E-state index is 13.0. The quantitative estimate of drug-likeness (QED) is 0.392. The lowest BCUT2D eigenvalue weighted by Gasteiger charge is -2.04. The first kappa shape index (κ1) is 19.8. The molecule has 152 valence electrons. The molecule has 2 aromatic heterocycles. The van der Waals surface area contributed by atoms with E-state index in [1.807, 2.05) is 67.8 Å². The number of ether oxygens (including phenoxy) is 1. The van der Waals surface area contributed by atoms with Crippen molar-refractivity contribution in [1.29, 1.82) is 0 Å². The lowest BCUT2D eigenvalue weighted by atomic mass is 10.2. The van der Waals surface area contributed by atoms with Crippen molar-refractivity contribution < 1.29 is 4.74 Å². The van der Waals surface area contributed by atoms with Crippen molar-refractivity contribution in [3.63, 3.8) is 0 Å². The number of aryl methyl sites for hydroxylation is 1. The van der Waals surface area contributed by atoms with Gasteiger partial charge < -0.3 is 4.74 Å². The number of para-hydroxylation sites is 1. The number of hydrogen-bond acceptors (Lipinski definition) is 6. The molecule has 7 nitrogen and oxygen atoms in total. The fraction of sp³-hybridized carbons (Fsp3) is 0.182. The van der Waals surface area contributed by atoms with Gasteiger partial charge >= 0.3 is 5.56 Å². The molecule has 0 bridgehead atoms. The minimum atomic E-state index is -0.279. The average Bonchev–Trinajstić information content (AvgIpc) is 3.39. The van der Waals surface area contributed by atoms with Crippen molar-refractivity contribution in [2.45, 2.75) is 20.3 Å². The van der Waals surface area contributed by atoms with Crippen LogP contribution in [0.5, 0.6) is 5.75 Å². The molecule has 0 aliphatic carbocycles. The Morgan fingerprint density at radius 3 is 2.60 bits per heavy atom. The molecule has 2 heterocycles. The molecule has 4 aromatic rings. The molecule has 1 N–H and O–H groups in total. The van der Waals surface area contributed by atoms with Crippen LogP contribution in [0.15, 0.2) is 75.0 Å². The summed E-state index contributed by atoms with van der Waals surface area (Å²) in [7, 11) is 0. The van der Waals surface area contributed by atoms with Crippen LogP contribution >= 0.6 is 11.3 Å². The Labute approximate surface area is 177 Å². The van der Waals surface area contributed by atoms with Gasteiger partial charge in [0, 0.05) is 10.9 Å². The van der Waals surface area contributed by atoms with Crippen molar-refractivity contribution in [3.05, 3.63) is 76.0 Å². The van der Waals surface area contributed by atoms with Gasteiger partial charge in [0.1, 0.15) is 11.4 Å². The zero-order valence-electron chi connectivity index (χ0n) is 16.7. The topological polar surface area (TPSA) is 84.6 Å². The van der Waals surface area contributed by atoms with Gasteiger partial charge in [-0.1, -0.05) is 49.4 Å². The molecular weight excluding hydrogens is 398 g/mol. The molecule has 0 fully saturated rings. The number of thiazole rings is 1. The number of rotatable bonds is 7. The lowest BCUT2D eigenvalue weighted by molar-refractivity contribution is 0.341. The smallest absolute Gasteiger partial charge is 0.301 e. The van der Waals surface area contributed by atoms with E-state index in [2.05, 4.69) is 20.3 Å². The Morgan fingerprint density at radius 2 is 1.83 bits per heavy atom. The van der Waals surface area contributed by atoms with Crippen LogP contribution < -0.4 is 10.3 Å². The standard InChI is InChI=1S/C22H21N5O2S/c1-3-16-20(25-24-17-12-8-9-13-19(17)29-4-2)21(28)27(26-16)22-23-18(14-30-22)15-10-6-5-7-11-15/h5-14,26H,3-4H2,1-2H3. The molecule has 8 heteroatoms. The van der Waals surface area contributed by atoms with Crippen LogP contribution in [0.3, 0.4) is 0 Å². The van der Waals surface area contributed by atoms with Gasteiger partial charge in [-0.25, -0.2) is 4.98 Å². The highest BCUT2D eigenvalue weighted by atomic mass is 32.1. The first-order chi connectivity index (χ1) is 14.7. The van der Waals surface area contributed by atoms with Crippen LogP contribution in [-0.2, 0) is 6.42 Å². The van der Waals surface area contributed by atoms with Gasteiger partial charge in [-0.3, -0.25) is 9.89 Å². The summed E-state index contributed by atoms with van der Waals surface area (Å²) in [6.45, 7) is 4.39. The zero-order chi connectivity index (χ0) is 20.9. The first-order valence-electron chi connectivity index (χ1n) is 9.70. The number of azo groups is 1. The number of nitrogens with one attached hydrogen (secondary N) is 1. The molecule has 4 rings (SSSR count). The largest absolute Gasteiger partial charge is 0.492 e. The molecule has 0 atom stereocenters. The summed E-state index contributed by atoms with van der Waals surface area (Å²) in [6.07, 6.45) is 0.612. The summed E-state index contributed by atoms with van der Waals surface area (Å²) in [4.78, 5) is 17.7. The summed E-state index contributed by atoms with van der Waals surface area (Å²) in [5.74, 6) is 0.630. The monoisotopic (exact) mass is 419 g/mol. The maximum Gasteiger partial charge on any atom is 0.301 e. The van der Waals surface area contributed by atoms with Gasteiger partial charge in [0.05, 0.1) is 18.0 Å². The number of aromatic amines is 1. The fourth-order valence-corrected chi connectivity index (χ4v) is 3.78. The van der Waals surface area contributed by atoms with E-state index in [0.29, 0.717) is 35.3 Å². The summed E-state index contributed by atoms with van der Waals surface area (Å²) in [5.41, 5.74) is 3.11. The molecular formula is C22H21N5O2S. The highest BCUT2D eigenvalue weighted by Crippen LogP contribution is 2.29. The van der Waals surface area contributed by atoms with Crippen LogP contribution in [0.2, 0.25) is 0 Å². The Bertz CT molecular complexity index is 1220. The minimum Gasteiger partial charge on any atom is -0.492 e. The second-order valence-corrected chi connectivity index (χ2v) is 7.25. The molecule has 30 heavy (non-hydrogen) atoms. The average molecular weight is 420 g/mol. The third-order valence-corrected chi connectivity index (χ3v) is 5.29. The number of nitrogens with zero attached hydrogens (tertiary/aromatic N) is 4. The van der Waals surface area contributed by atoms with Crippen molar-refractivity contribution in [1.82, 2.24) is 14.8 Å². The molecule has 0 saturated heterocycles. The van der Waals surface area contributed by atoms with E-state index in [-0.39, 0.29) is 11.2 Å². The van der Waals surface area contributed by atoms with Gasteiger partial charge in [-0.2, -0.15) is 4.68 Å². The van der Waals surface area contributed by atoms with Gasteiger partial charge in [0.25, 0.3) is 0 Å². The van der Waals surface area contributed by atoms with E-state index in [0.717, 1.165) is 11.3 Å². The predicted octanol–water partition coefficient (Wildman–Crippen LogP) is 5.67. The zero-order valence-corrected chi connectivity index (χ0v) is 17.5. The molecule has 2 aromatic carbocycles. The van der Waals surface area contributed by atoms with Gasteiger partial charge in [-0.15, -0.1) is 21.6 Å². The second-order valence-electron chi connectivity index (χ2n) is 6.42. The van der Waals surface area contributed by atoms with Crippen LogP contribution in [0, 0.1) is 0 Å². The Kier molecular flexibility index (Phi) is 5.85. The second kappa shape index (κ2) is 8.87. The van der Waals surface area contributed by atoms with Gasteiger partial charge in [0.2, 0.25) is 5.13 Å². The summed E-state index contributed by atoms with van der Waals surface area (Å²) >= 11 is 1.40. The van der Waals surface area contributed by atoms with Crippen LogP contribution in [0.4, 0.5) is 11.4 Å². The van der Waals surface area contributed by atoms with Crippen LogP contribution in [-0.4, -0.2) is 21.4 Å². The summed E-state index contributed by atoms with van der Waals surface area (Å²) in [5, 5.41) is 14.1. The van der Waals surface area contributed by atoms with E-state index in [1.54, 1.807) is 6.07 Å². The van der Waals surface area contributed by atoms with Gasteiger partial charge in [0.15, 0.2) is 5.69 Å². The lowest BCUT2D eigenvalue weighted by Crippen LogP contribution is -2.13. The third kappa shape index (κ3) is 3.95. The minimum absolute atomic E-state index is 0.278. The molecule has 0 aliphatic heterocycles. The first-order valence-corrected chi connectivity index (χ1v) is 10.6. The van der Waals surface area contributed by atoms with Crippen molar-refractivity contribution >= 4 is 22.7 Å². The van der Waals surface area contributed by atoms with Crippen LogP contribution in [0.25, 0.3) is 16.4 Å². The fourth-order valence-electron chi connectivity index (χ4n) is 2.99. The maximum absolute atomic E-state index is 13.0. The van der Waals surface area contributed by atoms with E-state index >= 15 is 0 Å². The Hall–Kier alpha value is -3.52. The Balaban J connectivity index is 1.69. The molecule has 0 radical (unpaired) electrons. The van der Waals surface area contributed by atoms with E-state index < -0.39 is 0 Å². The third-order valence-electron chi connectivity index (χ3n) is 4.47. The summed E-state index contributed by atoms with van der Waals surface area (Å²) < 4.78 is 7.01. The highest BCUT2D eigenvalue weighted by Gasteiger charge is 2.17. The molecule has 0 aliphatic rings. The molecule has 0 spiro atoms. The predicted molar refractivity (Wildman–Crippen MR) is 119 cm³/mol.